The molecule has 4 N–H and O–H groups in total. The van der Waals surface area contributed by atoms with E-state index in [1.165, 1.54) is 17.8 Å². The minimum Gasteiger partial charge on any atom is -0.370 e. The summed E-state index contributed by atoms with van der Waals surface area (Å²) in [6.07, 6.45) is 11.9. The van der Waals surface area contributed by atoms with Crippen LogP contribution in [0.15, 0.2) is 41.8 Å². The van der Waals surface area contributed by atoms with Crippen LogP contribution in [0, 0.1) is 53.3 Å². The molecule has 0 radical (unpaired) electrons. The van der Waals surface area contributed by atoms with Crippen molar-refractivity contribution in [2.24, 2.45) is 16.5 Å². The highest BCUT2D eigenvalue weighted by Gasteiger charge is 2.16. The number of terminal acetylenes is 1. The Bertz CT molecular complexity index is 1690. The second-order valence-corrected chi connectivity index (χ2v) is 12.7. The van der Waals surface area contributed by atoms with Crippen LogP contribution in [-0.2, 0) is 12.8 Å². The molecule has 2 aliphatic rings. The van der Waals surface area contributed by atoms with Gasteiger partial charge in [-0.2, -0.15) is 0 Å². The molecule has 0 saturated carbocycles. The molecular formula is C35H50N12O4. The molecule has 0 spiro atoms. The lowest BCUT2D eigenvalue weighted by Crippen LogP contribution is -2.45. The van der Waals surface area contributed by atoms with Gasteiger partial charge in [-0.3, -0.25) is 35.2 Å². The van der Waals surface area contributed by atoms with E-state index in [1.54, 1.807) is 26.1 Å². The maximum absolute atomic E-state index is 10.9. The van der Waals surface area contributed by atoms with E-state index in [0.29, 0.717) is 17.0 Å². The number of aliphatic imine (C=N–C) groups is 1. The van der Waals surface area contributed by atoms with Crippen molar-refractivity contribution in [3.63, 3.8) is 0 Å². The van der Waals surface area contributed by atoms with Crippen LogP contribution >= 0.6 is 0 Å². The normalized spacial score (nSPS) is 15.4. The van der Waals surface area contributed by atoms with Gasteiger partial charge in [-0.15, -0.1) is 6.42 Å². The fraction of sp³-hybridized carbons (Fsp3) is 0.486. The number of hydrogen-bond acceptors (Lipinski definition) is 12. The number of nitrogens with two attached hydrogens (primary N) is 2. The van der Waals surface area contributed by atoms with Gasteiger partial charge in [0.05, 0.1) is 21.2 Å². The number of aromatic nitrogens is 3. The molecular weight excluding hydrogens is 652 g/mol. The Balaban J connectivity index is 0.000000213. The molecule has 0 amide bonds. The Kier molecular flexibility index (Phi) is 15.8. The average molecular weight is 703 g/mol. The number of nitrogens with zero attached hydrogens (tertiary/aromatic N) is 10. The molecule has 274 valence electrons. The molecule has 2 fully saturated rings. The van der Waals surface area contributed by atoms with Gasteiger partial charge in [0.15, 0.2) is 5.96 Å². The molecule has 2 saturated heterocycles. The molecule has 3 aromatic rings. The predicted molar refractivity (Wildman–Crippen MR) is 199 cm³/mol. The lowest BCUT2D eigenvalue weighted by atomic mass is 10.1. The highest BCUT2D eigenvalue weighted by molar-refractivity contribution is 5.79. The summed E-state index contributed by atoms with van der Waals surface area (Å²) >= 11 is 0. The Morgan fingerprint density at radius 1 is 0.745 bits per heavy atom. The van der Waals surface area contributed by atoms with Gasteiger partial charge < -0.3 is 31.1 Å². The summed E-state index contributed by atoms with van der Waals surface area (Å²) in [5.41, 5.74) is 16.0. The first-order chi connectivity index (χ1) is 24.2. The fourth-order valence-corrected chi connectivity index (χ4v) is 5.34. The molecule has 0 unspecified atom stereocenters. The molecule has 0 bridgehead atoms. The van der Waals surface area contributed by atoms with Gasteiger partial charge in [-0.25, -0.2) is 4.99 Å². The van der Waals surface area contributed by atoms with E-state index in [0.717, 1.165) is 95.2 Å². The summed E-state index contributed by atoms with van der Waals surface area (Å²) in [5.74, 6) is 2.36. The smallest absolute Gasteiger partial charge is 0.291 e. The van der Waals surface area contributed by atoms with Gasteiger partial charge >= 0.3 is 0 Å². The third-order valence-corrected chi connectivity index (χ3v) is 8.73. The van der Waals surface area contributed by atoms with E-state index in [2.05, 4.69) is 59.6 Å². The first-order valence-corrected chi connectivity index (χ1v) is 16.8. The Labute approximate surface area is 299 Å². The van der Waals surface area contributed by atoms with Crippen LogP contribution in [0.5, 0.6) is 0 Å². The zero-order valence-corrected chi connectivity index (χ0v) is 30.3. The van der Waals surface area contributed by atoms with Crippen LogP contribution in [-0.4, -0.2) is 130 Å². The number of hydrogen-bond donors (Lipinski definition) is 2. The summed E-state index contributed by atoms with van der Waals surface area (Å²) in [6, 6.07) is 5.01. The average Bonchev–Trinajstić information content (AvgIpc) is 3.10. The minimum absolute atomic E-state index is 0.0366. The van der Waals surface area contributed by atoms with Crippen molar-refractivity contribution in [3.8, 4) is 12.3 Å². The molecule has 0 aromatic carbocycles. The monoisotopic (exact) mass is 702 g/mol. The topological polar surface area (TPSA) is 202 Å². The van der Waals surface area contributed by atoms with Gasteiger partial charge in [0.2, 0.25) is 0 Å². The quantitative estimate of drug-likeness (QED) is 0.108. The lowest BCUT2D eigenvalue weighted by Gasteiger charge is -2.32. The standard InChI is InChI=1S/C14H24N6.C13H20N4O2.C8H6N2O2/c1-11-13(18-14(15)16)9-12(10-17-11)3-4-20-7-5-19(2)6-8-20;1-11-13(17(18)19)9-12(10-14-11)3-4-16-7-5-15(2)6-8-16;1-3-7-4-8(10(11)12)6(2)9-5-7/h9-10H,3-8H2,1-2H3,(H4,15,16,18);9-10H,3-8H2,1-2H3;1,4-5H,2H3. The van der Waals surface area contributed by atoms with Crippen molar-refractivity contribution in [1.82, 2.24) is 34.6 Å². The lowest BCUT2D eigenvalue weighted by molar-refractivity contribution is -0.385. The number of aryl methyl sites for hydroxylation is 3. The van der Waals surface area contributed by atoms with Crippen LogP contribution < -0.4 is 11.5 Å². The van der Waals surface area contributed by atoms with Crippen molar-refractivity contribution >= 4 is 23.0 Å². The SMILES string of the molecule is C#Cc1cnc(C)c([N+](=O)[O-])c1.Cc1ncc(CCN2CCN(C)CC2)cc1N=C(N)N.Cc1ncc(CCN2CCN(C)CC2)cc1[N+](=O)[O-]. The maximum atomic E-state index is 10.9. The molecule has 5 rings (SSSR count). The van der Waals surface area contributed by atoms with E-state index >= 15 is 0 Å². The highest BCUT2D eigenvalue weighted by atomic mass is 16.6. The largest absolute Gasteiger partial charge is 0.370 e. The Morgan fingerprint density at radius 3 is 1.63 bits per heavy atom. The summed E-state index contributed by atoms with van der Waals surface area (Å²) < 4.78 is 0. The molecule has 16 nitrogen and oxygen atoms in total. The summed E-state index contributed by atoms with van der Waals surface area (Å²) in [6.45, 7) is 16.0. The number of piperazine rings is 2. The zero-order valence-electron chi connectivity index (χ0n) is 30.3. The van der Waals surface area contributed by atoms with Gasteiger partial charge in [0.25, 0.3) is 11.4 Å². The molecule has 2 aliphatic heterocycles. The Morgan fingerprint density at radius 2 is 1.18 bits per heavy atom. The van der Waals surface area contributed by atoms with Crippen molar-refractivity contribution in [2.45, 2.75) is 33.6 Å². The number of rotatable bonds is 9. The molecule has 16 heteroatoms. The van der Waals surface area contributed by atoms with E-state index < -0.39 is 4.92 Å². The van der Waals surface area contributed by atoms with Gasteiger partial charge in [-0.1, -0.05) is 5.92 Å². The van der Waals surface area contributed by atoms with Crippen LogP contribution in [0.1, 0.15) is 33.8 Å². The van der Waals surface area contributed by atoms with Crippen molar-refractivity contribution in [3.05, 3.63) is 90.8 Å². The fourth-order valence-electron chi connectivity index (χ4n) is 5.34. The zero-order chi connectivity index (χ0) is 37.5. The van der Waals surface area contributed by atoms with Crippen LogP contribution in [0.2, 0.25) is 0 Å². The van der Waals surface area contributed by atoms with E-state index in [-0.39, 0.29) is 22.3 Å². The highest BCUT2D eigenvalue weighted by Crippen LogP contribution is 2.19. The van der Waals surface area contributed by atoms with Crippen LogP contribution in [0.25, 0.3) is 0 Å². The number of pyridine rings is 3. The number of nitro groups is 2. The second-order valence-electron chi connectivity index (χ2n) is 12.7. The molecule has 0 aliphatic carbocycles. The second kappa shape index (κ2) is 19.9. The van der Waals surface area contributed by atoms with Gasteiger partial charge in [0, 0.05) is 102 Å². The van der Waals surface area contributed by atoms with E-state index in [4.69, 9.17) is 17.9 Å². The van der Waals surface area contributed by atoms with E-state index in [9.17, 15) is 20.2 Å². The predicted octanol–water partition coefficient (Wildman–Crippen LogP) is 2.45. The first kappa shape index (κ1) is 40.4. The summed E-state index contributed by atoms with van der Waals surface area (Å²) in [7, 11) is 4.30. The number of guanidine groups is 1. The Hall–Kier alpha value is -5.08. The maximum Gasteiger partial charge on any atom is 0.291 e. The van der Waals surface area contributed by atoms with Crippen LogP contribution in [0.3, 0.4) is 0 Å². The third-order valence-electron chi connectivity index (χ3n) is 8.73. The van der Waals surface area contributed by atoms with Crippen LogP contribution in [0.4, 0.5) is 17.1 Å². The molecule has 51 heavy (non-hydrogen) atoms. The first-order valence-electron chi connectivity index (χ1n) is 16.8. The third kappa shape index (κ3) is 13.6. The summed E-state index contributed by atoms with van der Waals surface area (Å²) in [4.78, 5) is 46.3. The minimum atomic E-state index is -0.497. The van der Waals surface area contributed by atoms with E-state index in [1.807, 2.05) is 19.2 Å². The van der Waals surface area contributed by atoms with Crippen molar-refractivity contribution in [2.75, 3.05) is 79.5 Å². The van der Waals surface area contributed by atoms with Gasteiger partial charge in [-0.05, 0) is 64.9 Å². The van der Waals surface area contributed by atoms with Crippen molar-refractivity contribution < 1.29 is 9.85 Å². The van der Waals surface area contributed by atoms with Gasteiger partial charge in [0.1, 0.15) is 11.4 Å². The molecule has 3 aromatic heterocycles. The van der Waals surface area contributed by atoms with Crippen molar-refractivity contribution in [1.29, 1.82) is 0 Å². The molecule has 0 atom stereocenters. The number of likely N-dealkylation sites (N-methyl/N-ethyl adjacent to an activating group) is 2. The molecule has 5 heterocycles. The summed E-state index contributed by atoms with van der Waals surface area (Å²) in [5, 5.41) is 21.3.